The van der Waals surface area contributed by atoms with Gasteiger partial charge >= 0.3 is 0 Å². The Balaban J connectivity index is 0.000000363. The lowest BCUT2D eigenvalue weighted by Crippen LogP contribution is -2.12. The first-order valence-electron chi connectivity index (χ1n) is 6.80. The Morgan fingerprint density at radius 1 is 0.708 bits per heavy atom. The summed E-state index contributed by atoms with van der Waals surface area (Å²) in [7, 11) is -0.611. The molecule has 0 saturated heterocycles. The molecular weight excluding hydrogens is 368 g/mol. The van der Waals surface area contributed by atoms with Gasteiger partial charge in [0, 0.05) is 45.8 Å². The smallest absolute Gasteiger partial charge is 0.254 e. The van der Waals surface area contributed by atoms with Crippen LogP contribution in [0.25, 0.3) is 0 Å². The molecule has 134 valence electrons. The highest BCUT2D eigenvalue weighted by atomic mass is 32.2. The molecule has 0 saturated carbocycles. The fraction of sp³-hybridized carbons (Fsp3) is 0.429. The van der Waals surface area contributed by atoms with E-state index >= 15 is 0 Å². The van der Waals surface area contributed by atoms with Crippen molar-refractivity contribution in [3.05, 3.63) is 52.8 Å². The van der Waals surface area contributed by atoms with Crippen LogP contribution in [0.1, 0.15) is 22.5 Å². The van der Waals surface area contributed by atoms with Crippen molar-refractivity contribution in [2.24, 2.45) is 0 Å². The largest absolute Gasteiger partial charge is 0.336 e. The van der Waals surface area contributed by atoms with Crippen LogP contribution in [0.4, 0.5) is 0 Å². The lowest BCUT2D eigenvalue weighted by atomic mass is 10.3. The summed E-state index contributed by atoms with van der Waals surface area (Å²) in [6.45, 7) is 7.14. The average molecular weight is 391 g/mol. The van der Waals surface area contributed by atoms with Gasteiger partial charge in [-0.05, 0) is 52.1 Å². The maximum absolute atomic E-state index is 10.9. The Labute approximate surface area is 152 Å². The van der Waals surface area contributed by atoms with Gasteiger partial charge in [0.25, 0.3) is 11.1 Å². The molecule has 0 fully saturated rings. The minimum absolute atomic E-state index is 0.110. The summed E-state index contributed by atoms with van der Waals surface area (Å²) < 4.78 is 10.3. The van der Waals surface area contributed by atoms with E-state index in [4.69, 9.17) is 24.4 Å². The van der Waals surface area contributed by atoms with Gasteiger partial charge in [0.05, 0.1) is 0 Å². The summed E-state index contributed by atoms with van der Waals surface area (Å²) in [4.78, 5) is 32.5. The molecule has 24 heavy (non-hydrogen) atoms. The molecule has 2 heterocycles. The van der Waals surface area contributed by atoms with Gasteiger partial charge < -0.3 is 9.97 Å². The quantitative estimate of drug-likeness (QED) is 0.514. The normalized spacial score (nSPS) is 9.62. The molecule has 0 aliphatic rings. The SMILES string of the molecule is CS(C)=O.Cc1[nH]c(=S)[nH]c(=O)c1C.Cc1[nH]c(=S)[nH]c(=O)c1C. The zero-order valence-corrected chi connectivity index (χ0v) is 16.9. The molecule has 2 aromatic heterocycles. The van der Waals surface area contributed by atoms with Crippen LogP contribution in [-0.2, 0) is 10.8 Å². The van der Waals surface area contributed by atoms with Gasteiger partial charge in [-0.3, -0.25) is 23.8 Å². The summed E-state index contributed by atoms with van der Waals surface area (Å²) in [5.74, 6) is 0. The minimum atomic E-state index is -0.611. The predicted molar refractivity (Wildman–Crippen MR) is 103 cm³/mol. The van der Waals surface area contributed by atoms with Gasteiger partial charge in [-0.1, -0.05) is 0 Å². The number of aromatic amines is 4. The number of H-pyrrole nitrogens is 4. The van der Waals surface area contributed by atoms with Crippen LogP contribution in [0.3, 0.4) is 0 Å². The molecule has 0 aliphatic carbocycles. The Morgan fingerprint density at radius 2 is 0.958 bits per heavy atom. The van der Waals surface area contributed by atoms with E-state index in [1.54, 1.807) is 26.4 Å². The van der Waals surface area contributed by atoms with E-state index in [1.165, 1.54) is 0 Å². The van der Waals surface area contributed by atoms with Crippen molar-refractivity contribution >= 4 is 35.2 Å². The van der Waals surface area contributed by atoms with E-state index in [0.717, 1.165) is 11.4 Å². The molecule has 0 amide bonds. The lowest BCUT2D eigenvalue weighted by Gasteiger charge is -1.95. The van der Waals surface area contributed by atoms with E-state index in [2.05, 4.69) is 19.9 Å². The molecule has 2 aromatic rings. The second-order valence-electron chi connectivity index (χ2n) is 5.06. The molecule has 2 rings (SSSR count). The fourth-order valence-corrected chi connectivity index (χ4v) is 1.82. The average Bonchev–Trinajstić information content (AvgIpc) is 2.42. The van der Waals surface area contributed by atoms with Gasteiger partial charge in [-0.15, -0.1) is 0 Å². The monoisotopic (exact) mass is 390 g/mol. The van der Waals surface area contributed by atoms with Gasteiger partial charge in [0.1, 0.15) is 0 Å². The highest BCUT2D eigenvalue weighted by molar-refractivity contribution is 7.83. The van der Waals surface area contributed by atoms with E-state index in [0.29, 0.717) is 20.7 Å². The van der Waals surface area contributed by atoms with E-state index < -0.39 is 10.8 Å². The van der Waals surface area contributed by atoms with Crippen molar-refractivity contribution in [2.75, 3.05) is 12.5 Å². The molecular formula is C14H22N4O3S3. The molecule has 0 aromatic carbocycles. The van der Waals surface area contributed by atoms with Crippen molar-refractivity contribution in [1.82, 2.24) is 19.9 Å². The van der Waals surface area contributed by atoms with Gasteiger partial charge in [0.2, 0.25) is 0 Å². The van der Waals surface area contributed by atoms with Gasteiger partial charge in [-0.25, -0.2) is 0 Å². The van der Waals surface area contributed by atoms with Crippen molar-refractivity contribution in [3.8, 4) is 0 Å². The van der Waals surface area contributed by atoms with Crippen LogP contribution in [0.5, 0.6) is 0 Å². The topological polar surface area (TPSA) is 114 Å². The summed E-state index contributed by atoms with van der Waals surface area (Å²) in [5, 5.41) is 0. The molecule has 0 bridgehead atoms. The first kappa shape index (κ1) is 22.4. The molecule has 4 N–H and O–H groups in total. The third-order valence-electron chi connectivity index (χ3n) is 2.86. The third-order valence-corrected chi connectivity index (χ3v) is 3.27. The number of aromatic nitrogens is 4. The Bertz CT molecular complexity index is 862. The second kappa shape index (κ2) is 10.3. The van der Waals surface area contributed by atoms with Crippen LogP contribution in [0.2, 0.25) is 0 Å². The minimum Gasteiger partial charge on any atom is -0.336 e. The zero-order chi connectivity index (χ0) is 19.0. The standard InChI is InChI=1S/2C6H8N2OS.C2H6OS/c2*1-3-4(2)7-6(10)8-5(3)9;1-4(2)3/h2*1-2H3,(H2,7,8,9,10);1-2H3. The number of nitrogens with one attached hydrogen (secondary N) is 4. The van der Waals surface area contributed by atoms with Crippen molar-refractivity contribution in [3.63, 3.8) is 0 Å². The van der Waals surface area contributed by atoms with Crippen LogP contribution in [0.15, 0.2) is 9.59 Å². The Hall–Kier alpha value is -1.65. The predicted octanol–water partition coefficient (Wildman–Crippen LogP) is 2.09. The Kier molecular flexibility index (Phi) is 9.56. The third kappa shape index (κ3) is 8.27. The maximum Gasteiger partial charge on any atom is 0.254 e. The molecule has 10 heteroatoms. The molecule has 0 aliphatic heterocycles. The Morgan fingerprint density at radius 3 is 1.17 bits per heavy atom. The molecule has 0 spiro atoms. The van der Waals surface area contributed by atoms with Gasteiger partial charge in [-0.2, -0.15) is 0 Å². The first-order chi connectivity index (χ1) is 11.0. The van der Waals surface area contributed by atoms with Crippen LogP contribution in [-0.4, -0.2) is 36.7 Å². The van der Waals surface area contributed by atoms with E-state index in [-0.39, 0.29) is 11.1 Å². The summed E-state index contributed by atoms with van der Waals surface area (Å²) in [6.07, 6.45) is 3.28. The highest BCUT2D eigenvalue weighted by Gasteiger charge is 1.96. The zero-order valence-electron chi connectivity index (χ0n) is 14.4. The van der Waals surface area contributed by atoms with Crippen molar-refractivity contribution < 1.29 is 4.21 Å². The summed E-state index contributed by atoms with van der Waals surface area (Å²) >= 11 is 9.47. The van der Waals surface area contributed by atoms with E-state index in [9.17, 15) is 13.8 Å². The van der Waals surface area contributed by atoms with Crippen molar-refractivity contribution in [2.45, 2.75) is 27.7 Å². The van der Waals surface area contributed by atoms with Crippen LogP contribution in [0, 0.1) is 37.2 Å². The van der Waals surface area contributed by atoms with Crippen LogP contribution < -0.4 is 11.1 Å². The first-order valence-corrected chi connectivity index (χ1v) is 9.58. The number of rotatable bonds is 0. The molecule has 0 unspecified atom stereocenters. The number of aryl methyl sites for hydroxylation is 2. The van der Waals surface area contributed by atoms with Crippen LogP contribution >= 0.6 is 24.4 Å². The number of hydrogen-bond donors (Lipinski definition) is 4. The fourth-order valence-electron chi connectivity index (χ4n) is 1.32. The van der Waals surface area contributed by atoms with Gasteiger partial charge in [0.15, 0.2) is 9.54 Å². The highest BCUT2D eigenvalue weighted by Crippen LogP contribution is 1.93. The molecule has 0 radical (unpaired) electrons. The van der Waals surface area contributed by atoms with E-state index in [1.807, 2.05) is 13.8 Å². The summed E-state index contributed by atoms with van der Waals surface area (Å²) in [6, 6.07) is 0. The molecule has 7 nitrogen and oxygen atoms in total. The van der Waals surface area contributed by atoms with Crippen molar-refractivity contribution in [1.29, 1.82) is 0 Å². The maximum atomic E-state index is 10.9. The lowest BCUT2D eigenvalue weighted by molar-refractivity contribution is 0.690. The molecule has 0 atom stereocenters. The summed E-state index contributed by atoms with van der Waals surface area (Å²) in [5.41, 5.74) is 2.81. The second-order valence-corrected chi connectivity index (χ2v) is 7.36. The number of hydrogen-bond acceptors (Lipinski definition) is 5.